The Morgan fingerprint density at radius 3 is 2.28 bits per heavy atom. The van der Waals surface area contributed by atoms with Crippen molar-refractivity contribution in [2.24, 2.45) is 0 Å². The smallest absolute Gasteiger partial charge is 0.406 e. The van der Waals surface area contributed by atoms with Crippen LogP contribution in [0.3, 0.4) is 0 Å². The molecule has 0 unspecified atom stereocenters. The lowest BCUT2D eigenvalue weighted by Crippen LogP contribution is -2.27. The van der Waals surface area contributed by atoms with Crippen LogP contribution in [0.15, 0.2) is 18.2 Å². The fourth-order valence-corrected chi connectivity index (χ4v) is 1.64. The Morgan fingerprint density at radius 1 is 1.17 bits per heavy atom. The summed E-state index contributed by atoms with van der Waals surface area (Å²) in [6.45, 7) is 5.41. The average molecular weight is 265 g/mol. The molecule has 102 valence electrons. The zero-order valence-corrected chi connectivity index (χ0v) is 10.3. The van der Waals surface area contributed by atoms with E-state index in [4.69, 9.17) is 0 Å². The SMILES string of the molecule is CC(C)N[C@@H](C)c1cc(OC(F)(F)F)ccc1F. The molecule has 0 aliphatic carbocycles. The van der Waals surface area contributed by atoms with E-state index in [-0.39, 0.29) is 11.6 Å². The lowest BCUT2D eigenvalue weighted by molar-refractivity contribution is -0.274. The molecule has 0 radical (unpaired) electrons. The van der Waals surface area contributed by atoms with Gasteiger partial charge in [-0.05, 0) is 25.1 Å². The van der Waals surface area contributed by atoms with Crippen LogP contribution in [-0.2, 0) is 0 Å². The largest absolute Gasteiger partial charge is 0.573 e. The van der Waals surface area contributed by atoms with Crippen LogP contribution in [-0.4, -0.2) is 12.4 Å². The van der Waals surface area contributed by atoms with Crippen LogP contribution in [0, 0.1) is 5.82 Å². The summed E-state index contributed by atoms with van der Waals surface area (Å²) in [6.07, 6.45) is -4.77. The molecule has 0 saturated heterocycles. The third-order valence-corrected chi connectivity index (χ3v) is 2.25. The number of benzene rings is 1. The minimum atomic E-state index is -4.77. The second kappa shape index (κ2) is 5.56. The molecule has 1 aromatic carbocycles. The fourth-order valence-electron chi connectivity index (χ4n) is 1.64. The van der Waals surface area contributed by atoms with Crippen molar-refractivity contribution in [1.82, 2.24) is 5.32 Å². The second-order valence-electron chi connectivity index (χ2n) is 4.27. The molecule has 1 atom stereocenters. The summed E-state index contributed by atoms with van der Waals surface area (Å²) < 4.78 is 53.4. The Labute approximate surface area is 103 Å². The van der Waals surface area contributed by atoms with Crippen molar-refractivity contribution in [1.29, 1.82) is 0 Å². The van der Waals surface area contributed by atoms with Crippen LogP contribution in [0.1, 0.15) is 32.4 Å². The standard InChI is InChI=1S/C12H15F4NO/c1-7(2)17-8(3)10-6-9(4-5-11(10)13)18-12(14,15)16/h4-8,17H,1-3H3/t8-/m0/s1. The minimum Gasteiger partial charge on any atom is -0.406 e. The van der Waals surface area contributed by atoms with E-state index in [1.54, 1.807) is 6.92 Å². The van der Waals surface area contributed by atoms with Gasteiger partial charge in [0.1, 0.15) is 11.6 Å². The Bertz CT molecular complexity index is 404. The van der Waals surface area contributed by atoms with Gasteiger partial charge in [0, 0.05) is 17.6 Å². The number of hydrogen-bond donors (Lipinski definition) is 1. The van der Waals surface area contributed by atoms with Gasteiger partial charge in [0.15, 0.2) is 0 Å². The van der Waals surface area contributed by atoms with Gasteiger partial charge >= 0.3 is 6.36 Å². The molecule has 0 aliphatic heterocycles. The summed E-state index contributed by atoms with van der Waals surface area (Å²) in [5.41, 5.74) is 0.144. The first-order chi connectivity index (χ1) is 8.19. The Balaban J connectivity index is 2.94. The molecule has 6 heteroatoms. The van der Waals surface area contributed by atoms with Gasteiger partial charge in [0.05, 0.1) is 0 Å². The van der Waals surface area contributed by atoms with E-state index in [1.807, 2.05) is 13.8 Å². The Morgan fingerprint density at radius 2 is 1.78 bits per heavy atom. The summed E-state index contributed by atoms with van der Waals surface area (Å²) in [5, 5.41) is 3.01. The molecule has 1 N–H and O–H groups in total. The number of hydrogen-bond acceptors (Lipinski definition) is 2. The molecule has 0 saturated carbocycles. The van der Waals surface area contributed by atoms with Crippen LogP contribution >= 0.6 is 0 Å². The first kappa shape index (κ1) is 14.8. The van der Waals surface area contributed by atoms with Gasteiger partial charge in [-0.15, -0.1) is 13.2 Å². The van der Waals surface area contributed by atoms with Gasteiger partial charge in [-0.3, -0.25) is 0 Å². The predicted octanol–water partition coefficient (Wildman–Crippen LogP) is 3.78. The molecular weight excluding hydrogens is 250 g/mol. The van der Waals surface area contributed by atoms with E-state index < -0.39 is 24.0 Å². The topological polar surface area (TPSA) is 21.3 Å². The maximum absolute atomic E-state index is 13.5. The van der Waals surface area contributed by atoms with E-state index >= 15 is 0 Å². The summed E-state index contributed by atoms with van der Waals surface area (Å²) in [4.78, 5) is 0. The van der Waals surface area contributed by atoms with E-state index in [1.165, 1.54) is 0 Å². The van der Waals surface area contributed by atoms with Crippen LogP contribution in [0.5, 0.6) is 5.75 Å². The Hall–Kier alpha value is -1.30. The lowest BCUT2D eigenvalue weighted by atomic mass is 10.1. The number of ether oxygens (including phenoxy) is 1. The predicted molar refractivity (Wildman–Crippen MR) is 59.8 cm³/mol. The van der Waals surface area contributed by atoms with Crippen molar-refractivity contribution in [2.75, 3.05) is 0 Å². The summed E-state index contributed by atoms with van der Waals surface area (Å²) >= 11 is 0. The molecule has 0 heterocycles. The van der Waals surface area contributed by atoms with Crippen molar-refractivity contribution >= 4 is 0 Å². The van der Waals surface area contributed by atoms with Gasteiger partial charge in [0.25, 0.3) is 0 Å². The number of halogens is 4. The first-order valence-electron chi connectivity index (χ1n) is 5.50. The molecule has 0 amide bonds. The molecule has 1 rings (SSSR count). The van der Waals surface area contributed by atoms with Crippen molar-refractivity contribution in [3.05, 3.63) is 29.6 Å². The van der Waals surface area contributed by atoms with E-state index in [2.05, 4.69) is 10.1 Å². The molecule has 0 bridgehead atoms. The highest BCUT2D eigenvalue weighted by Gasteiger charge is 2.31. The van der Waals surface area contributed by atoms with Crippen molar-refractivity contribution in [3.63, 3.8) is 0 Å². The zero-order chi connectivity index (χ0) is 13.9. The van der Waals surface area contributed by atoms with Gasteiger partial charge in [0.2, 0.25) is 0 Å². The van der Waals surface area contributed by atoms with E-state index in [0.29, 0.717) is 0 Å². The summed E-state index contributed by atoms with van der Waals surface area (Å²) in [5.74, 6) is -0.985. The molecule has 1 aromatic rings. The van der Waals surface area contributed by atoms with Crippen molar-refractivity contribution in [3.8, 4) is 5.75 Å². The highest BCUT2D eigenvalue weighted by atomic mass is 19.4. The average Bonchev–Trinajstić information content (AvgIpc) is 2.17. The monoisotopic (exact) mass is 265 g/mol. The number of alkyl halides is 3. The molecule has 18 heavy (non-hydrogen) atoms. The molecule has 0 fully saturated rings. The lowest BCUT2D eigenvalue weighted by Gasteiger charge is -2.19. The molecule has 0 aliphatic rings. The normalized spacial score (nSPS) is 13.8. The second-order valence-corrected chi connectivity index (χ2v) is 4.27. The van der Waals surface area contributed by atoms with Gasteiger partial charge in [-0.2, -0.15) is 0 Å². The minimum absolute atomic E-state index is 0.0894. The third kappa shape index (κ3) is 4.52. The molecular formula is C12H15F4NO. The number of nitrogens with one attached hydrogen (secondary N) is 1. The van der Waals surface area contributed by atoms with Gasteiger partial charge in [-0.25, -0.2) is 4.39 Å². The van der Waals surface area contributed by atoms with Crippen LogP contribution in [0.4, 0.5) is 17.6 Å². The number of rotatable bonds is 4. The van der Waals surface area contributed by atoms with E-state index in [0.717, 1.165) is 18.2 Å². The van der Waals surface area contributed by atoms with Gasteiger partial charge < -0.3 is 10.1 Å². The zero-order valence-electron chi connectivity index (χ0n) is 10.3. The van der Waals surface area contributed by atoms with Crippen molar-refractivity contribution in [2.45, 2.75) is 39.2 Å². The quantitative estimate of drug-likeness (QED) is 0.836. The molecule has 0 spiro atoms. The van der Waals surface area contributed by atoms with Crippen LogP contribution in [0.25, 0.3) is 0 Å². The molecule has 2 nitrogen and oxygen atoms in total. The highest BCUT2D eigenvalue weighted by molar-refractivity contribution is 5.32. The van der Waals surface area contributed by atoms with Crippen LogP contribution in [0.2, 0.25) is 0 Å². The molecule has 0 aromatic heterocycles. The fraction of sp³-hybridized carbons (Fsp3) is 0.500. The first-order valence-corrected chi connectivity index (χ1v) is 5.50. The third-order valence-electron chi connectivity index (χ3n) is 2.25. The van der Waals surface area contributed by atoms with Gasteiger partial charge in [-0.1, -0.05) is 13.8 Å². The summed E-state index contributed by atoms with van der Waals surface area (Å²) in [6, 6.07) is 2.67. The summed E-state index contributed by atoms with van der Waals surface area (Å²) in [7, 11) is 0. The van der Waals surface area contributed by atoms with Crippen LogP contribution < -0.4 is 10.1 Å². The van der Waals surface area contributed by atoms with E-state index in [9.17, 15) is 17.6 Å². The Kier molecular flexibility index (Phi) is 4.56. The maximum Gasteiger partial charge on any atom is 0.573 e. The maximum atomic E-state index is 13.5. The highest BCUT2D eigenvalue weighted by Crippen LogP contribution is 2.27. The van der Waals surface area contributed by atoms with Crippen molar-refractivity contribution < 1.29 is 22.3 Å².